The van der Waals surface area contributed by atoms with E-state index < -0.39 is 25.2 Å². The number of ether oxygens (including phenoxy) is 1. The Labute approximate surface area is 120 Å². The minimum Gasteiger partial charge on any atom is -0.496 e. The molecule has 0 fully saturated rings. The number of aliphatic hydroxyl groups is 1. The van der Waals surface area contributed by atoms with Crippen molar-refractivity contribution in [1.29, 1.82) is 0 Å². The maximum Gasteiger partial charge on any atom is 0.406 e. The molecule has 0 saturated heterocycles. The molecule has 0 bridgehead atoms. The van der Waals surface area contributed by atoms with Crippen molar-refractivity contribution >= 4 is 12.0 Å². The number of methoxy groups -OCH3 is 1. The van der Waals surface area contributed by atoms with Crippen LogP contribution in [0, 0.1) is 0 Å². The summed E-state index contributed by atoms with van der Waals surface area (Å²) < 4.78 is 42.1. The zero-order chi connectivity index (χ0) is 15.9. The third-order valence-corrected chi connectivity index (χ3v) is 2.60. The molecule has 0 aliphatic carbocycles. The van der Waals surface area contributed by atoms with Crippen molar-refractivity contribution < 1.29 is 27.8 Å². The molecule has 0 aromatic heterocycles. The van der Waals surface area contributed by atoms with E-state index >= 15 is 0 Å². The van der Waals surface area contributed by atoms with Crippen LogP contribution < -0.4 is 4.74 Å². The molecule has 0 unspecified atom stereocenters. The van der Waals surface area contributed by atoms with E-state index in [0.29, 0.717) is 16.2 Å². The van der Waals surface area contributed by atoms with Crippen LogP contribution in [0.3, 0.4) is 0 Å². The molecule has 0 aliphatic rings. The normalized spacial score (nSPS) is 11.7. The molecule has 1 aromatic rings. The van der Waals surface area contributed by atoms with Gasteiger partial charge >= 0.3 is 6.18 Å². The summed E-state index contributed by atoms with van der Waals surface area (Å²) in [5.74, 6) is -0.321. The molecule has 0 spiro atoms. The number of hydrogen-bond acceptors (Lipinski definition) is 3. The zero-order valence-electron chi connectivity index (χ0n) is 11.4. The highest BCUT2D eigenvalue weighted by atomic mass is 19.4. The molecule has 1 rings (SSSR count). The van der Waals surface area contributed by atoms with Crippen LogP contribution in [0.15, 0.2) is 30.3 Å². The van der Waals surface area contributed by atoms with Gasteiger partial charge in [-0.25, -0.2) is 0 Å². The van der Waals surface area contributed by atoms with Crippen molar-refractivity contribution in [3.8, 4) is 5.75 Å². The SMILES string of the molecule is COc1ccccc1/C=C/C(=O)N(CCO)CC(F)(F)F. The maximum absolute atomic E-state index is 12.4. The minimum atomic E-state index is -4.51. The lowest BCUT2D eigenvalue weighted by atomic mass is 10.2. The van der Waals surface area contributed by atoms with E-state index in [-0.39, 0.29) is 6.54 Å². The molecule has 4 nitrogen and oxygen atoms in total. The van der Waals surface area contributed by atoms with E-state index in [9.17, 15) is 18.0 Å². The van der Waals surface area contributed by atoms with Crippen molar-refractivity contribution in [3.63, 3.8) is 0 Å². The molecule has 116 valence electrons. The van der Waals surface area contributed by atoms with Crippen LogP contribution in [0.5, 0.6) is 5.75 Å². The van der Waals surface area contributed by atoms with E-state index in [0.717, 1.165) is 6.08 Å². The summed E-state index contributed by atoms with van der Waals surface area (Å²) >= 11 is 0. The predicted molar refractivity (Wildman–Crippen MR) is 71.7 cm³/mol. The Balaban J connectivity index is 2.83. The number of hydrogen-bond donors (Lipinski definition) is 1. The predicted octanol–water partition coefficient (Wildman–Crippen LogP) is 2.09. The first kappa shape index (κ1) is 17.0. The summed E-state index contributed by atoms with van der Waals surface area (Å²) in [7, 11) is 1.45. The van der Waals surface area contributed by atoms with Gasteiger partial charge in [-0.1, -0.05) is 18.2 Å². The second-order valence-electron chi connectivity index (χ2n) is 4.17. The average molecular weight is 303 g/mol. The summed E-state index contributed by atoms with van der Waals surface area (Å²) in [5.41, 5.74) is 0.573. The Morgan fingerprint density at radius 2 is 2.05 bits per heavy atom. The molecular weight excluding hydrogens is 287 g/mol. The number of halogens is 3. The highest BCUT2D eigenvalue weighted by Crippen LogP contribution is 2.19. The third-order valence-electron chi connectivity index (χ3n) is 2.60. The molecule has 1 N–H and O–H groups in total. The number of carbonyl (C=O) groups excluding carboxylic acids is 1. The molecular formula is C14H16F3NO3. The third kappa shape index (κ3) is 5.86. The Morgan fingerprint density at radius 3 is 2.62 bits per heavy atom. The van der Waals surface area contributed by atoms with E-state index in [4.69, 9.17) is 9.84 Å². The van der Waals surface area contributed by atoms with E-state index in [2.05, 4.69) is 0 Å². The van der Waals surface area contributed by atoms with E-state index in [1.165, 1.54) is 13.2 Å². The Morgan fingerprint density at radius 1 is 1.38 bits per heavy atom. The van der Waals surface area contributed by atoms with Gasteiger partial charge in [0.2, 0.25) is 5.91 Å². The van der Waals surface area contributed by atoms with Crippen molar-refractivity contribution in [1.82, 2.24) is 4.90 Å². The van der Waals surface area contributed by atoms with Gasteiger partial charge in [-0.2, -0.15) is 13.2 Å². The number of aliphatic hydroxyl groups excluding tert-OH is 1. The fraction of sp³-hybridized carbons (Fsp3) is 0.357. The standard InChI is InChI=1S/C14H16F3NO3/c1-21-12-5-3-2-4-11(12)6-7-13(20)18(8-9-19)10-14(15,16)17/h2-7,19H,8-10H2,1H3/b7-6+. The van der Waals surface area contributed by atoms with Crippen LogP contribution >= 0.6 is 0 Å². The van der Waals surface area contributed by atoms with Crippen LogP contribution in [0.1, 0.15) is 5.56 Å². The van der Waals surface area contributed by atoms with Crippen LogP contribution in [0.2, 0.25) is 0 Å². The van der Waals surface area contributed by atoms with E-state index in [1.54, 1.807) is 24.3 Å². The number of alkyl halides is 3. The molecule has 1 aromatic carbocycles. The summed E-state index contributed by atoms with van der Waals surface area (Å²) in [6, 6.07) is 6.79. The first-order valence-corrected chi connectivity index (χ1v) is 6.15. The van der Waals surface area contributed by atoms with Gasteiger partial charge in [0.1, 0.15) is 12.3 Å². The fourth-order valence-electron chi connectivity index (χ4n) is 1.67. The lowest BCUT2D eigenvalue weighted by molar-refractivity contribution is -0.158. The van der Waals surface area contributed by atoms with Crippen molar-refractivity contribution in [2.45, 2.75) is 6.18 Å². The molecule has 0 atom stereocenters. The smallest absolute Gasteiger partial charge is 0.406 e. The summed E-state index contributed by atoms with van der Waals surface area (Å²) in [4.78, 5) is 12.3. The summed E-state index contributed by atoms with van der Waals surface area (Å²) in [5, 5.41) is 8.74. The number of para-hydroxylation sites is 1. The largest absolute Gasteiger partial charge is 0.496 e. The molecule has 7 heteroatoms. The highest BCUT2D eigenvalue weighted by molar-refractivity contribution is 5.92. The second-order valence-corrected chi connectivity index (χ2v) is 4.17. The van der Waals surface area contributed by atoms with E-state index in [1.807, 2.05) is 0 Å². The van der Waals surface area contributed by atoms with Gasteiger partial charge in [0.05, 0.1) is 13.7 Å². The number of benzene rings is 1. The minimum absolute atomic E-state index is 0.380. The molecule has 0 radical (unpaired) electrons. The van der Waals surface area contributed by atoms with Gasteiger partial charge in [0, 0.05) is 18.2 Å². The Kier molecular flexibility index (Phi) is 6.23. The van der Waals surface area contributed by atoms with Crippen LogP contribution in [0.25, 0.3) is 6.08 Å². The molecule has 1 amide bonds. The lowest BCUT2D eigenvalue weighted by Gasteiger charge is -2.21. The zero-order valence-corrected chi connectivity index (χ0v) is 11.4. The number of carbonyl (C=O) groups is 1. The topological polar surface area (TPSA) is 49.8 Å². The second kappa shape index (κ2) is 7.68. The van der Waals surface area contributed by atoms with Crippen LogP contribution in [0.4, 0.5) is 13.2 Å². The lowest BCUT2D eigenvalue weighted by Crippen LogP contribution is -2.39. The Hall–Kier alpha value is -2.02. The first-order chi connectivity index (χ1) is 9.87. The monoisotopic (exact) mass is 303 g/mol. The number of nitrogens with zero attached hydrogens (tertiary/aromatic N) is 1. The summed E-state index contributed by atoms with van der Waals surface area (Å²) in [6.45, 7) is -2.32. The molecule has 21 heavy (non-hydrogen) atoms. The molecule has 0 saturated carbocycles. The van der Waals surface area contributed by atoms with Gasteiger partial charge in [-0.3, -0.25) is 4.79 Å². The first-order valence-electron chi connectivity index (χ1n) is 6.15. The number of amides is 1. The highest BCUT2D eigenvalue weighted by Gasteiger charge is 2.32. The molecule has 0 aliphatic heterocycles. The van der Waals surface area contributed by atoms with Gasteiger partial charge < -0.3 is 14.7 Å². The van der Waals surface area contributed by atoms with Crippen molar-refractivity contribution in [2.24, 2.45) is 0 Å². The van der Waals surface area contributed by atoms with Gasteiger partial charge in [0.15, 0.2) is 0 Å². The van der Waals surface area contributed by atoms with Crippen molar-refractivity contribution in [3.05, 3.63) is 35.9 Å². The Bertz CT molecular complexity index is 500. The quantitative estimate of drug-likeness (QED) is 0.819. The van der Waals surface area contributed by atoms with Gasteiger partial charge in [0.25, 0.3) is 0 Å². The van der Waals surface area contributed by atoms with Crippen molar-refractivity contribution in [2.75, 3.05) is 26.8 Å². The molecule has 0 heterocycles. The van der Waals surface area contributed by atoms with Crippen LogP contribution in [-0.2, 0) is 4.79 Å². The maximum atomic E-state index is 12.4. The van der Waals surface area contributed by atoms with Crippen LogP contribution in [-0.4, -0.2) is 48.9 Å². The summed E-state index contributed by atoms with van der Waals surface area (Å²) in [6.07, 6.45) is -2.11. The average Bonchev–Trinajstić information content (AvgIpc) is 2.43. The van der Waals surface area contributed by atoms with Gasteiger partial charge in [-0.15, -0.1) is 0 Å². The van der Waals surface area contributed by atoms with Gasteiger partial charge in [-0.05, 0) is 12.1 Å². The number of rotatable bonds is 6. The fourth-order valence-corrected chi connectivity index (χ4v) is 1.67.